The van der Waals surface area contributed by atoms with Gasteiger partial charge < -0.3 is 19.3 Å². The average Bonchev–Trinajstić information content (AvgIpc) is 3.12. The van der Waals surface area contributed by atoms with Crippen LogP contribution < -0.4 is 14.2 Å². The molecule has 0 aliphatic rings. The zero-order valence-corrected chi connectivity index (χ0v) is 19.9. The summed E-state index contributed by atoms with van der Waals surface area (Å²) >= 11 is 0. The van der Waals surface area contributed by atoms with E-state index in [1.165, 1.54) is 0 Å². The molecule has 1 N–H and O–H groups in total. The van der Waals surface area contributed by atoms with Gasteiger partial charge in [0.1, 0.15) is 19.0 Å². The predicted octanol–water partition coefficient (Wildman–Crippen LogP) is 5.04. The summed E-state index contributed by atoms with van der Waals surface area (Å²) in [5.41, 5.74) is 3.25. The van der Waals surface area contributed by atoms with Crippen molar-refractivity contribution in [3.63, 3.8) is 0 Å². The van der Waals surface area contributed by atoms with Gasteiger partial charge in [-0.25, -0.2) is 0 Å². The van der Waals surface area contributed by atoms with Crippen molar-refractivity contribution in [2.75, 3.05) is 20.3 Å². The molecule has 3 aromatic carbocycles. The highest BCUT2D eigenvalue weighted by atomic mass is 16.5. The van der Waals surface area contributed by atoms with E-state index >= 15 is 0 Å². The van der Waals surface area contributed by atoms with Gasteiger partial charge in [-0.1, -0.05) is 30.3 Å². The van der Waals surface area contributed by atoms with E-state index in [-0.39, 0.29) is 12.3 Å². The maximum absolute atomic E-state index is 13.5. The molecule has 0 saturated carbocycles. The van der Waals surface area contributed by atoms with E-state index in [1.807, 2.05) is 61.5 Å². The SMILES string of the molecule is COc1ccccc1OCCOc1ccc(C(=O)n2c(C)c(CC(=O)O)c3ccccc32)c(C)c1. The van der Waals surface area contributed by atoms with Crippen LogP contribution in [-0.4, -0.2) is 41.9 Å². The van der Waals surface area contributed by atoms with Crippen LogP contribution in [0, 0.1) is 13.8 Å². The monoisotopic (exact) mass is 473 g/mol. The number of ether oxygens (including phenoxy) is 3. The highest BCUT2D eigenvalue weighted by Crippen LogP contribution is 2.29. The van der Waals surface area contributed by atoms with Crippen molar-refractivity contribution in [1.82, 2.24) is 4.57 Å². The number of hydrogen-bond acceptors (Lipinski definition) is 5. The molecule has 0 aliphatic heterocycles. The second-order valence-corrected chi connectivity index (χ2v) is 8.12. The first-order chi connectivity index (χ1) is 16.9. The largest absolute Gasteiger partial charge is 0.493 e. The summed E-state index contributed by atoms with van der Waals surface area (Å²) in [6.07, 6.45) is -0.144. The normalized spacial score (nSPS) is 10.8. The lowest BCUT2D eigenvalue weighted by Gasteiger charge is -2.13. The fourth-order valence-corrected chi connectivity index (χ4v) is 4.21. The number of carboxylic acid groups (broad SMARTS) is 1. The minimum absolute atomic E-state index is 0.144. The zero-order chi connectivity index (χ0) is 24.9. The van der Waals surface area contributed by atoms with E-state index < -0.39 is 5.97 Å². The van der Waals surface area contributed by atoms with Crippen LogP contribution in [0.5, 0.6) is 17.2 Å². The van der Waals surface area contributed by atoms with Crippen molar-refractivity contribution < 1.29 is 28.9 Å². The van der Waals surface area contributed by atoms with Crippen LogP contribution in [-0.2, 0) is 11.2 Å². The maximum atomic E-state index is 13.5. The third-order valence-electron chi connectivity index (χ3n) is 5.88. The number of rotatable bonds is 9. The van der Waals surface area contributed by atoms with Gasteiger partial charge in [-0.3, -0.25) is 14.2 Å². The van der Waals surface area contributed by atoms with E-state index in [9.17, 15) is 14.7 Å². The molecule has 180 valence electrons. The minimum atomic E-state index is -0.934. The molecule has 35 heavy (non-hydrogen) atoms. The van der Waals surface area contributed by atoms with Gasteiger partial charge in [-0.2, -0.15) is 0 Å². The highest BCUT2D eigenvalue weighted by Gasteiger charge is 2.22. The lowest BCUT2D eigenvalue weighted by atomic mass is 10.1. The molecule has 0 atom stereocenters. The van der Waals surface area contributed by atoms with Crippen LogP contribution in [0.15, 0.2) is 66.7 Å². The third-order valence-corrected chi connectivity index (χ3v) is 5.88. The van der Waals surface area contributed by atoms with Gasteiger partial charge in [0, 0.05) is 16.6 Å². The van der Waals surface area contributed by atoms with E-state index in [1.54, 1.807) is 30.7 Å². The van der Waals surface area contributed by atoms with E-state index in [0.717, 1.165) is 10.9 Å². The molecular formula is C28H27NO6. The Bertz CT molecular complexity index is 1390. The molecule has 7 heteroatoms. The maximum Gasteiger partial charge on any atom is 0.307 e. The van der Waals surface area contributed by atoms with Gasteiger partial charge in [0.2, 0.25) is 0 Å². The van der Waals surface area contributed by atoms with Crippen LogP contribution in [0.1, 0.15) is 27.2 Å². The molecule has 1 aromatic heterocycles. The van der Waals surface area contributed by atoms with Crippen LogP contribution in [0.4, 0.5) is 0 Å². The number of aryl methyl sites for hydroxylation is 1. The van der Waals surface area contributed by atoms with Gasteiger partial charge in [0.25, 0.3) is 5.91 Å². The quantitative estimate of drug-likeness (QED) is 0.343. The van der Waals surface area contributed by atoms with Gasteiger partial charge in [-0.15, -0.1) is 0 Å². The topological polar surface area (TPSA) is 87.0 Å². The third kappa shape index (κ3) is 4.99. The highest BCUT2D eigenvalue weighted by molar-refractivity contribution is 6.05. The summed E-state index contributed by atoms with van der Waals surface area (Å²) in [4.78, 5) is 24.9. The Morgan fingerprint density at radius 2 is 1.57 bits per heavy atom. The summed E-state index contributed by atoms with van der Waals surface area (Å²) in [6, 6.07) is 20.1. The first-order valence-corrected chi connectivity index (χ1v) is 11.3. The lowest BCUT2D eigenvalue weighted by Crippen LogP contribution is -2.16. The van der Waals surface area contributed by atoms with Crippen molar-refractivity contribution in [3.05, 3.63) is 89.1 Å². The molecule has 4 rings (SSSR count). The van der Waals surface area contributed by atoms with E-state index in [2.05, 4.69) is 0 Å². The van der Waals surface area contributed by atoms with E-state index in [0.29, 0.717) is 52.8 Å². The second kappa shape index (κ2) is 10.3. The number of aromatic nitrogens is 1. The van der Waals surface area contributed by atoms with Crippen molar-refractivity contribution in [2.24, 2.45) is 0 Å². The fraction of sp³-hybridized carbons (Fsp3) is 0.214. The van der Waals surface area contributed by atoms with Crippen molar-refractivity contribution in [1.29, 1.82) is 0 Å². The number of carboxylic acids is 1. The zero-order valence-electron chi connectivity index (χ0n) is 19.9. The Labute approximate surface area is 203 Å². The Morgan fingerprint density at radius 1 is 0.886 bits per heavy atom. The summed E-state index contributed by atoms with van der Waals surface area (Å²) in [5, 5.41) is 10.1. The molecule has 0 radical (unpaired) electrons. The van der Waals surface area contributed by atoms with Gasteiger partial charge in [0.15, 0.2) is 11.5 Å². The fourth-order valence-electron chi connectivity index (χ4n) is 4.21. The summed E-state index contributed by atoms with van der Waals surface area (Å²) in [6.45, 7) is 4.29. The standard InChI is InChI=1S/C28H27NO6/c1-18-16-20(34-14-15-35-26-11-7-6-10-25(26)33-3)12-13-21(18)28(32)29-19(2)23(17-27(30)31)22-8-4-5-9-24(22)29/h4-13,16H,14-15,17H2,1-3H3,(H,30,31). The number of hydrogen-bond donors (Lipinski definition) is 1. The molecule has 1 heterocycles. The molecular weight excluding hydrogens is 446 g/mol. The number of para-hydroxylation sites is 3. The molecule has 0 bridgehead atoms. The van der Waals surface area contributed by atoms with E-state index in [4.69, 9.17) is 14.2 Å². The van der Waals surface area contributed by atoms with Crippen LogP contribution in [0.3, 0.4) is 0 Å². The molecule has 0 fully saturated rings. The van der Waals surface area contributed by atoms with Crippen molar-refractivity contribution in [2.45, 2.75) is 20.3 Å². The smallest absolute Gasteiger partial charge is 0.307 e. The molecule has 0 aliphatic carbocycles. The number of nitrogens with zero attached hydrogens (tertiary/aromatic N) is 1. The molecule has 0 spiro atoms. The predicted molar refractivity (Wildman–Crippen MR) is 133 cm³/mol. The lowest BCUT2D eigenvalue weighted by molar-refractivity contribution is -0.136. The Hall–Kier alpha value is -4.26. The number of carbonyl (C=O) groups excluding carboxylic acids is 1. The molecule has 0 unspecified atom stereocenters. The average molecular weight is 474 g/mol. The molecule has 4 aromatic rings. The number of benzene rings is 3. The Balaban J connectivity index is 1.50. The number of carbonyl (C=O) groups is 2. The first-order valence-electron chi connectivity index (χ1n) is 11.3. The number of fused-ring (bicyclic) bond motifs is 1. The van der Waals surface area contributed by atoms with Gasteiger partial charge in [0.05, 0.1) is 19.0 Å². The molecule has 0 amide bonds. The number of aliphatic carboxylic acids is 1. The van der Waals surface area contributed by atoms with Crippen molar-refractivity contribution >= 4 is 22.8 Å². The molecule has 7 nitrogen and oxygen atoms in total. The summed E-state index contributed by atoms with van der Waals surface area (Å²) in [5.74, 6) is 0.788. The molecule has 0 saturated heterocycles. The number of methoxy groups -OCH3 is 1. The summed E-state index contributed by atoms with van der Waals surface area (Å²) in [7, 11) is 1.59. The van der Waals surface area contributed by atoms with Crippen molar-refractivity contribution in [3.8, 4) is 17.2 Å². The Morgan fingerprint density at radius 3 is 2.29 bits per heavy atom. The van der Waals surface area contributed by atoms with Gasteiger partial charge in [-0.05, 0) is 61.4 Å². The summed E-state index contributed by atoms with van der Waals surface area (Å²) < 4.78 is 18.4. The first kappa shape index (κ1) is 23.9. The minimum Gasteiger partial charge on any atom is -0.493 e. The second-order valence-electron chi connectivity index (χ2n) is 8.12. The van der Waals surface area contributed by atoms with Gasteiger partial charge >= 0.3 is 5.97 Å². The van der Waals surface area contributed by atoms with Crippen LogP contribution in [0.2, 0.25) is 0 Å². The van der Waals surface area contributed by atoms with Crippen LogP contribution >= 0.6 is 0 Å². The van der Waals surface area contributed by atoms with Crippen LogP contribution in [0.25, 0.3) is 10.9 Å². The Kier molecular flexibility index (Phi) is 7.06.